The number of nitrogens with zero attached hydrogens (tertiary/aromatic N) is 2. The zero-order valence-electron chi connectivity index (χ0n) is 13.4. The molecule has 2 amide bonds. The molecule has 0 spiro atoms. The molecule has 1 atom stereocenters. The maximum Gasteiger partial charge on any atom is 0.338 e. The lowest BCUT2D eigenvalue weighted by Gasteiger charge is -2.28. The number of benzene rings is 1. The van der Waals surface area contributed by atoms with Crippen LogP contribution in [0.4, 0.5) is 4.79 Å². The molecule has 1 aromatic heterocycles. The van der Waals surface area contributed by atoms with Crippen LogP contribution in [0.1, 0.15) is 25.5 Å². The molecule has 1 aliphatic rings. The Morgan fingerprint density at radius 2 is 2.08 bits per heavy atom. The van der Waals surface area contributed by atoms with Gasteiger partial charge in [-0.15, -0.1) is 0 Å². The largest absolute Gasteiger partial charge is 0.463 e. The molecule has 0 radical (unpaired) electrons. The van der Waals surface area contributed by atoms with E-state index in [1.807, 2.05) is 36.5 Å². The molecule has 2 aromatic rings. The van der Waals surface area contributed by atoms with Crippen LogP contribution in [0.25, 0.3) is 5.69 Å². The van der Waals surface area contributed by atoms with Gasteiger partial charge in [0.1, 0.15) is 0 Å². The first kappa shape index (κ1) is 15.8. The van der Waals surface area contributed by atoms with Crippen molar-refractivity contribution in [3.05, 3.63) is 59.6 Å². The van der Waals surface area contributed by atoms with Crippen molar-refractivity contribution >= 4 is 12.0 Å². The van der Waals surface area contributed by atoms with E-state index in [4.69, 9.17) is 4.74 Å². The van der Waals surface area contributed by atoms with Crippen molar-refractivity contribution in [1.29, 1.82) is 0 Å². The number of rotatable bonds is 4. The molecule has 3 rings (SSSR count). The van der Waals surface area contributed by atoms with Crippen LogP contribution in [0.5, 0.6) is 0 Å². The third-order valence-corrected chi connectivity index (χ3v) is 3.76. The van der Waals surface area contributed by atoms with E-state index in [0.29, 0.717) is 11.3 Å². The highest BCUT2D eigenvalue weighted by Gasteiger charge is 2.31. The Morgan fingerprint density at radius 3 is 2.71 bits per heavy atom. The molecule has 124 valence electrons. The summed E-state index contributed by atoms with van der Waals surface area (Å²) < 4.78 is 6.85. The van der Waals surface area contributed by atoms with Crippen LogP contribution in [0, 0.1) is 0 Å². The molecule has 0 aliphatic carbocycles. The number of hydrogen-bond donors (Lipinski definition) is 2. The van der Waals surface area contributed by atoms with E-state index < -0.39 is 12.0 Å². The Hall–Kier alpha value is -3.09. The van der Waals surface area contributed by atoms with E-state index in [9.17, 15) is 9.59 Å². The van der Waals surface area contributed by atoms with Gasteiger partial charge >= 0.3 is 12.0 Å². The summed E-state index contributed by atoms with van der Waals surface area (Å²) in [4.78, 5) is 24.1. The van der Waals surface area contributed by atoms with Crippen LogP contribution in [0.2, 0.25) is 0 Å². The standard InChI is InChI=1S/C17H18N4O3/c1-3-24-16(22)14-11(2)19-17(23)20-15(14)12-5-7-13(8-6-12)21-10-4-9-18-21/h4-10,15H,3H2,1-2H3,(H2,19,20,23)/t15-/m0/s1. The average Bonchev–Trinajstić information content (AvgIpc) is 3.09. The fraction of sp³-hybridized carbons (Fsp3) is 0.235. The van der Waals surface area contributed by atoms with Crippen LogP contribution in [-0.2, 0) is 9.53 Å². The van der Waals surface area contributed by atoms with Crippen LogP contribution in [0.3, 0.4) is 0 Å². The molecule has 24 heavy (non-hydrogen) atoms. The Kier molecular flexibility index (Phi) is 4.33. The zero-order valence-corrected chi connectivity index (χ0v) is 13.4. The SMILES string of the molecule is CCOC(=O)C1=C(C)NC(=O)N[C@H]1c1ccc(-n2cccn2)cc1. The molecule has 0 bridgehead atoms. The fourth-order valence-corrected chi connectivity index (χ4v) is 2.66. The molecule has 2 heterocycles. The molecule has 0 unspecified atom stereocenters. The summed E-state index contributed by atoms with van der Waals surface area (Å²) in [5, 5.41) is 9.57. The van der Waals surface area contributed by atoms with Gasteiger partial charge in [0.15, 0.2) is 0 Å². The topological polar surface area (TPSA) is 85.2 Å². The maximum atomic E-state index is 12.3. The summed E-state index contributed by atoms with van der Waals surface area (Å²) >= 11 is 0. The van der Waals surface area contributed by atoms with E-state index in [0.717, 1.165) is 11.3 Å². The highest BCUT2D eigenvalue weighted by atomic mass is 16.5. The van der Waals surface area contributed by atoms with Gasteiger partial charge in [-0.1, -0.05) is 12.1 Å². The smallest absolute Gasteiger partial charge is 0.338 e. The number of esters is 1. The lowest BCUT2D eigenvalue weighted by molar-refractivity contribution is -0.139. The maximum absolute atomic E-state index is 12.3. The van der Waals surface area contributed by atoms with Gasteiger partial charge in [0.25, 0.3) is 0 Å². The summed E-state index contributed by atoms with van der Waals surface area (Å²) in [7, 11) is 0. The van der Waals surface area contributed by atoms with Gasteiger partial charge in [0, 0.05) is 18.1 Å². The van der Waals surface area contributed by atoms with Crippen LogP contribution < -0.4 is 10.6 Å². The second kappa shape index (κ2) is 6.57. The first-order valence-electron chi connectivity index (χ1n) is 7.65. The van der Waals surface area contributed by atoms with Gasteiger partial charge in [0.2, 0.25) is 0 Å². The Bertz CT molecular complexity index is 779. The number of hydrogen-bond acceptors (Lipinski definition) is 4. The van der Waals surface area contributed by atoms with E-state index in [1.54, 1.807) is 24.7 Å². The number of carbonyl (C=O) groups is 2. The van der Waals surface area contributed by atoms with Crippen molar-refractivity contribution in [2.75, 3.05) is 6.61 Å². The van der Waals surface area contributed by atoms with Crippen LogP contribution >= 0.6 is 0 Å². The van der Waals surface area contributed by atoms with Gasteiger partial charge < -0.3 is 15.4 Å². The molecule has 2 N–H and O–H groups in total. The van der Waals surface area contributed by atoms with Crippen molar-refractivity contribution in [3.8, 4) is 5.69 Å². The Balaban J connectivity index is 1.94. The highest BCUT2D eigenvalue weighted by Crippen LogP contribution is 2.28. The van der Waals surface area contributed by atoms with Crippen LogP contribution in [-0.4, -0.2) is 28.4 Å². The van der Waals surface area contributed by atoms with Crippen molar-refractivity contribution < 1.29 is 14.3 Å². The van der Waals surface area contributed by atoms with Gasteiger partial charge in [0.05, 0.1) is 23.9 Å². The first-order valence-corrected chi connectivity index (χ1v) is 7.65. The number of carbonyl (C=O) groups excluding carboxylic acids is 2. The molecule has 1 aliphatic heterocycles. The third kappa shape index (κ3) is 3.01. The molecule has 0 saturated heterocycles. The lowest BCUT2D eigenvalue weighted by Crippen LogP contribution is -2.45. The minimum absolute atomic E-state index is 0.272. The van der Waals surface area contributed by atoms with Crippen molar-refractivity contribution in [2.45, 2.75) is 19.9 Å². The molecular formula is C17H18N4O3. The third-order valence-electron chi connectivity index (χ3n) is 3.76. The van der Waals surface area contributed by atoms with Gasteiger partial charge in [-0.2, -0.15) is 5.10 Å². The molecule has 7 nitrogen and oxygen atoms in total. The molecule has 7 heteroatoms. The summed E-state index contributed by atoms with van der Waals surface area (Å²) in [5.74, 6) is -0.441. The highest BCUT2D eigenvalue weighted by molar-refractivity contribution is 5.95. The van der Waals surface area contributed by atoms with Crippen LogP contribution in [0.15, 0.2) is 54.0 Å². The zero-order chi connectivity index (χ0) is 17.1. The molecule has 0 fully saturated rings. The summed E-state index contributed by atoms with van der Waals surface area (Å²) in [6.07, 6.45) is 3.54. The molecule has 0 saturated carbocycles. The average molecular weight is 326 g/mol. The van der Waals surface area contributed by atoms with Gasteiger partial charge in [-0.3, -0.25) is 0 Å². The quantitative estimate of drug-likeness (QED) is 0.842. The summed E-state index contributed by atoms with van der Waals surface area (Å²) in [6.45, 7) is 3.71. The summed E-state index contributed by atoms with van der Waals surface area (Å²) in [5.41, 5.74) is 2.59. The Labute approximate surface area is 139 Å². The summed E-state index contributed by atoms with van der Waals surface area (Å²) in [6, 6.07) is 8.43. The fourth-order valence-electron chi connectivity index (χ4n) is 2.66. The number of urea groups is 1. The van der Waals surface area contributed by atoms with E-state index >= 15 is 0 Å². The minimum atomic E-state index is -0.551. The first-order chi connectivity index (χ1) is 11.6. The van der Waals surface area contributed by atoms with Crippen molar-refractivity contribution in [3.63, 3.8) is 0 Å². The number of allylic oxidation sites excluding steroid dienone is 1. The van der Waals surface area contributed by atoms with E-state index in [1.165, 1.54) is 0 Å². The number of amides is 2. The van der Waals surface area contributed by atoms with E-state index in [-0.39, 0.29) is 12.6 Å². The second-order valence-electron chi connectivity index (χ2n) is 5.33. The van der Waals surface area contributed by atoms with E-state index in [2.05, 4.69) is 15.7 Å². The predicted molar refractivity (Wildman–Crippen MR) is 87.3 cm³/mol. The van der Waals surface area contributed by atoms with Crippen molar-refractivity contribution in [2.24, 2.45) is 0 Å². The lowest BCUT2D eigenvalue weighted by atomic mass is 9.95. The predicted octanol–water partition coefficient (Wildman–Crippen LogP) is 2.06. The number of ether oxygens (including phenoxy) is 1. The van der Waals surface area contributed by atoms with Crippen molar-refractivity contribution in [1.82, 2.24) is 20.4 Å². The minimum Gasteiger partial charge on any atom is -0.463 e. The molecule has 1 aromatic carbocycles. The number of aromatic nitrogens is 2. The Morgan fingerprint density at radius 1 is 1.33 bits per heavy atom. The van der Waals surface area contributed by atoms with Gasteiger partial charge in [-0.25, -0.2) is 14.3 Å². The molecular weight excluding hydrogens is 308 g/mol. The number of nitrogens with one attached hydrogen (secondary N) is 2. The second-order valence-corrected chi connectivity index (χ2v) is 5.33. The normalized spacial score (nSPS) is 17.2. The monoisotopic (exact) mass is 326 g/mol. The van der Waals surface area contributed by atoms with Gasteiger partial charge in [-0.05, 0) is 37.6 Å².